The maximum absolute atomic E-state index is 13.2. The number of carbonyl (C=O) groups excluding carboxylic acids is 2. The second-order valence-corrected chi connectivity index (χ2v) is 4.92. The van der Waals surface area contributed by atoms with Gasteiger partial charge in [0, 0.05) is 11.6 Å². The molecule has 0 aromatic heterocycles. The van der Waals surface area contributed by atoms with Gasteiger partial charge in [-0.15, -0.1) is 0 Å². The number of rotatable bonds is 3. The summed E-state index contributed by atoms with van der Waals surface area (Å²) >= 11 is 0. The fourth-order valence-electron chi connectivity index (χ4n) is 2.19. The van der Waals surface area contributed by atoms with E-state index in [-0.39, 0.29) is 11.5 Å². The molecule has 2 N–H and O–H groups in total. The summed E-state index contributed by atoms with van der Waals surface area (Å²) in [6, 6.07) is 10.5. The Morgan fingerprint density at radius 2 is 1.83 bits per heavy atom. The smallest absolute Gasteiger partial charge is 0.272 e. The van der Waals surface area contributed by atoms with Crippen LogP contribution in [-0.2, 0) is 4.79 Å². The number of fused-ring (bicyclic) bond motifs is 1. The molecule has 5 nitrogen and oxygen atoms in total. The predicted molar refractivity (Wildman–Crippen MR) is 84.1 cm³/mol. The molecule has 3 rings (SSSR count). The summed E-state index contributed by atoms with van der Waals surface area (Å²) in [5, 5.41) is 5.38. The summed E-state index contributed by atoms with van der Waals surface area (Å²) in [7, 11) is 1.54. The molecule has 0 spiro atoms. The van der Waals surface area contributed by atoms with E-state index in [0.717, 1.165) is 0 Å². The molecule has 0 saturated heterocycles. The SMILES string of the molecule is COc1ccc(C(=O)/C=C2\Nc3ccc(F)cc3NC2=O)cc1. The number of hydrogen-bond acceptors (Lipinski definition) is 4. The molecule has 2 aromatic carbocycles. The van der Waals surface area contributed by atoms with Crippen LogP contribution in [0.3, 0.4) is 0 Å². The minimum absolute atomic E-state index is 0.102. The molecule has 0 fully saturated rings. The summed E-state index contributed by atoms with van der Waals surface area (Å²) in [6.45, 7) is 0. The lowest BCUT2D eigenvalue weighted by Gasteiger charge is -2.20. The Morgan fingerprint density at radius 3 is 2.52 bits per heavy atom. The van der Waals surface area contributed by atoms with Gasteiger partial charge in [0.15, 0.2) is 5.78 Å². The summed E-state index contributed by atoms with van der Waals surface area (Å²) in [6.07, 6.45) is 1.21. The molecule has 1 aliphatic heterocycles. The molecule has 0 bridgehead atoms. The van der Waals surface area contributed by atoms with E-state index in [1.807, 2.05) is 0 Å². The van der Waals surface area contributed by atoms with E-state index >= 15 is 0 Å². The molecular formula is C17H13FN2O3. The molecule has 0 atom stereocenters. The highest BCUT2D eigenvalue weighted by Gasteiger charge is 2.21. The normalized spacial score (nSPS) is 14.7. The third-order valence-corrected chi connectivity index (χ3v) is 3.39. The number of allylic oxidation sites excluding steroid dienone is 1. The van der Waals surface area contributed by atoms with Gasteiger partial charge >= 0.3 is 0 Å². The van der Waals surface area contributed by atoms with Gasteiger partial charge in [0.05, 0.1) is 18.5 Å². The van der Waals surface area contributed by atoms with Gasteiger partial charge in [-0.2, -0.15) is 0 Å². The second kappa shape index (κ2) is 5.92. The number of nitrogens with one attached hydrogen (secondary N) is 2. The Morgan fingerprint density at radius 1 is 1.09 bits per heavy atom. The van der Waals surface area contributed by atoms with Gasteiger partial charge in [-0.1, -0.05) is 0 Å². The second-order valence-electron chi connectivity index (χ2n) is 4.92. The van der Waals surface area contributed by atoms with Crippen molar-refractivity contribution in [2.24, 2.45) is 0 Å². The van der Waals surface area contributed by atoms with Crippen LogP contribution < -0.4 is 15.4 Å². The number of ketones is 1. The molecule has 1 heterocycles. The van der Waals surface area contributed by atoms with Crippen LogP contribution in [-0.4, -0.2) is 18.8 Å². The standard InChI is InChI=1S/C17H13FN2O3/c1-23-12-5-2-10(3-6-12)16(21)9-15-17(22)20-14-8-11(18)4-7-13(14)19-15/h2-9,19H,1H3,(H,20,22)/b15-9-. The predicted octanol–water partition coefficient (Wildman–Crippen LogP) is 2.97. The maximum Gasteiger partial charge on any atom is 0.272 e. The van der Waals surface area contributed by atoms with Crippen LogP contribution in [0.4, 0.5) is 15.8 Å². The number of methoxy groups -OCH3 is 1. The molecule has 0 unspecified atom stereocenters. The first kappa shape index (κ1) is 14.8. The highest BCUT2D eigenvalue weighted by atomic mass is 19.1. The molecule has 23 heavy (non-hydrogen) atoms. The maximum atomic E-state index is 13.2. The number of benzene rings is 2. The molecule has 6 heteroatoms. The minimum atomic E-state index is -0.495. The average Bonchev–Trinajstić information content (AvgIpc) is 2.55. The lowest BCUT2D eigenvalue weighted by atomic mass is 10.1. The lowest BCUT2D eigenvalue weighted by molar-refractivity contribution is -0.112. The van der Waals surface area contributed by atoms with Gasteiger partial charge in [0.25, 0.3) is 5.91 Å². The van der Waals surface area contributed by atoms with E-state index in [1.165, 1.54) is 31.4 Å². The van der Waals surface area contributed by atoms with Crippen LogP contribution in [0.5, 0.6) is 5.75 Å². The van der Waals surface area contributed by atoms with Crippen LogP contribution in [0.25, 0.3) is 0 Å². The molecular weight excluding hydrogens is 299 g/mol. The van der Waals surface area contributed by atoms with E-state index < -0.39 is 11.7 Å². The highest BCUT2D eigenvalue weighted by molar-refractivity contribution is 6.16. The molecule has 0 saturated carbocycles. The molecule has 0 radical (unpaired) electrons. The van der Waals surface area contributed by atoms with Crippen LogP contribution >= 0.6 is 0 Å². The van der Waals surface area contributed by atoms with E-state index in [9.17, 15) is 14.0 Å². The van der Waals surface area contributed by atoms with E-state index in [0.29, 0.717) is 22.7 Å². The van der Waals surface area contributed by atoms with Crippen molar-refractivity contribution in [2.45, 2.75) is 0 Å². The molecule has 1 amide bonds. The Kier molecular flexibility index (Phi) is 3.80. The largest absolute Gasteiger partial charge is 0.497 e. The van der Waals surface area contributed by atoms with Crippen molar-refractivity contribution in [1.29, 1.82) is 0 Å². The topological polar surface area (TPSA) is 67.4 Å². The fraction of sp³-hybridized carbons (Fsp3) is 0.0588. The van der Waals surface area contributed by atoms with Crippen molar-refractivity contribution in [3.63, 3.8) is 0 Å². The first-order chi connectivity index (χ1) is 11.1. The average molecular weight is 312 g/mol. The minimum Gasteiger partial charge on any atom is -0.497 e. The number of ether oxygens (including phenoxy) is 1. The highest BCUT2D eigenvalue weighted by Crippen LogP contribution is 2.28. The quantitative estimate of drug-likeness (QED) is 0.675. The summed E-state index contributed by atoms with van der Waals surface area (Å²) in [5.41, 5.74) is 1.39. The molecule has 116 valence electrons. The number of hydrogen-bond donors (Lipinski definition) is 2. The van der Waals surface area contributed by atoms with Crippen molar-refractivity contribution >= 4 is 23.1 Å². The number of amides is 1. The third kappa shape index (κ3) is 3.06. The van der Waals surface area contributed by atoms with Crippen molar-refractivity contribution in [3.05, 3.63) is 65.6 Å². The zero-order valence-corrected chi connectivity index (χ0v) is 12.2. The zero-order chi connectivity index (χ0) is 16.4. The Hall–Kier alpha value is -3.15. The van der Waals surface area contributed by atoms with Crippen molar-refractivity contribution < 1.29 is 18.7 Å². The van der Waals surface area contributed by atoms with Crippen LogP contribution in [0.15, 0.2) is 54.2 Å². The summed E-state index contributed by atoms with van der Waals surface area (Å²) < 4.78 is 18.2. The first-order valence-electron chi connectivity index (χ1n) is 6.85. The third-order valence-electron chi connectivity index (χ3n) is 3.39. The summed E-state index contributed by atoms with van der Waals surface area (Å²) in [4.78, 5) is 24.2. The van der Waals surface area contributed by atoms with Gasteiger partial charge in [-0.3, -0.25) is 9.59 Å². The van der Waals surface area contributed by atoms with Crippen LogP contribution in [0.2, 0.25) is 0 Å². The van der Waals surface area contributed by atoms with Gasteiger partial charge in [0.1, 0.15) is 17.3 Å². The zero-order valence-electron chi connectivity index (χ0n) is 12.2. The van der Waals surface area contributed by atoms with Crippen molar-refractivity contribution in [2.75, 3.05) is 17.7 Å². The van der Waals surface area contributed by atoms with Crippen molar-refractivity contribution in [3.8, 4) is 5.75 Å². The number of halogens is 1. The molecule has 2 aromatic rings. The monoisotopic (exact) mass is 312 g/mol. The first-order valence-corrected chi connectivity index (χ1v) is 6.85. The fourth-order valence-corrected chi connectivity index (χ4v) is 2.19. The van der Waals surface area contributed by atoms with E-state index in [1.54, 1.807) is 24.3 Å². The molecule has 0 aliphatic carbocycles. The Labute approximate surface area is 131 Å². The van der Waals surface area contributed by atoms with E-state index in [4.69, 9.17) is 4.74 Å². The van der Waals surface area contributed by atoms with Gasteiger partial charge in [-0.05, 0) is 42.5 Å². The van der Waals surface area contributed by atoms with Gasteiger partial charge in [-0.25, -0.2) is 4.39 Å². The van der Waals surface area contributed by atoms with Crippen molar-refractivity contribution in [1.82, 2.24) is 0 Å². The Bertz CT molecular complexity index is 813. The number of anilines is 2. The van der Waals surface area contributed by atoms with Crippen LogP contribution in [0, 0.1) is 5.82 Å². The Balaban J connectivity index is 1.85. The van der Waals surface area contributed by atoms with Gasteiger partial charge in [0.2, 0.25) is 0 Å². The van der Waals surface area contributed by atoms with Gasteiger partial charge < -0.3 is 15.4 Å². The lowest BCUT2D eigenvalue weighted by Crippen LogP contribution is -2.26. The van der Waals surface area contributed by atoms with Crippen LogP contribution in [0.1, 0.15) is 10.4 Å². The number of carbonyl (C=O) groups is 2. The van der Waals surface area contributed by atoms with E-state index in [2.05, 4.69) is 10.6 Å². The summed E-state index contributed by atoms with van der Waals surface area (Å²) in [5.74, 6) is -0.632. The molecule has 1 aliphatic rings.